The predicted molar refractivity (Wildman–Crippen MR) is 158 cm³/mol. The number of rotatable bonds is 9. The number of sulfonamides is 1. The van der Waals surface area contributed by atoms with E-state index >= 15 is 0 Å². The van der Waals surface area contributed by atoms with Gasteiger partial charge in [-0.3, -0.25) is 4.79 Å². The Morgan fingerprint density at radius 1 is 0.930 bits per heavy atom. The third-order valence-electron chi connectivity index (χ3n) is 9.22. The molecule has 4 N–H and O–H groups in total. The van der Waals surface area contributed by atoms with Crippen molar-refractivity contribution in [2.75, 3.05) is 18.8 Å². The van der Waals surface area contributed by atoms with E-state index in [-0.39, 0.29) is 29.8 Å². The molecule has 3 aliphatic rings. The zero-order valence-electron chi connectivity index (χ0n) is 24.1. The smallest absolute Gasteiger partial charge is 0.405 e. The van der Waals surface area contributed by atoms with E-state index in [9.17, 15) is 31.9 Å². The van der Waals surface area contributed by atoms with Crippen molar-refractivity contribution in [3.63, 3.8) is 0 Å². The number of halogens is 2. The Morgan fingerprint density at radius 2 is 1.56 bits per heavy atom. The Morgan fingerprint density at radius 3 is 2.19 bits per heavy atom. The minimum absolute atomic E-state index is 0.102. The third kappa shape index (κ3) is 7.71. The Kier molecular flexibility index (Phi) is 9.98. The van der Waals surface area contributed by atoms with Crippen LogP contribution in [0.5, 0.6) is 0 Å². The molecule has 234 valence electrons. The normalized spacial score (nSPS) is 27.6. The number of carbonyl (C=O) groups excluding carboxylic acids is 1. The van der Waals surface area contributed by atoms with Gasteiger partial charge in [-0.2, -0.15) is 4.31 Å². The summed E-state index contributed by atoms with van der Waals surface area (Å²) >= 11 is 0. The molecule has 0 spiro atoms. The second-order valence-electron chi connectivity index (χ2n) is 12.0. The largest absolute Gasteiger partial charge is 0.465 e. The van der Waals surface area contributed by atoms with Gasteiger partial charge >= 0.3 is 6.09 Å². The molecule has 2 bridgehead atoms. The number of nitrogens with zero attached hydrogens (tertiary/aromatic N) is 1. The van der Waals surface area contributed by atoms with Crippen LogP contribution in [0.1, 0.15) is 68.4 Å². The van der Waals surface area contributed by atoms with E-state index < -0.39 is 45.6 Å². The van der Waals surface area contributed by atoms with Gasteiger partial charge in [-0.1, -0.05) is 37.1 Å². The molecule has 6 atom stereocenters. The lowest BCUT2D eigenvalue weighted by Crippen LogP contribution is -2.57. The summed E-state index contributed by atoms with van der Waals surface area (Å²) in [5.41, 5.74) is 1.01. The molecule has 12 heteroatoms. The molecule has 2 aliphatic heterocycles. The monoisotopic (exact) mass is 618 g/mol. The molecular formula is C31H40F2N4O5S. The van der Waals surface area contributed by atoms with Crippen molar-refractivity contribution in [3.8, 4) is 0 Å². The van der Waals surface area contributed by atoms with E-state index in [1.165, 1.54) is 48.5 Å². The molecule has 2 unspecified atom stereocenters. The average molecular weight is 619 g/mol. The average Bonchev–Trinajstić information content (AvgIpc) is 3.09. The highest BCUT2D eigenvalue weighted by Gasteiger charge is 2.39. The van der Waals surface area contributed by atoms with Gasteiger partial charge < -0.3 is 21.1 Å². The maximum absolute atomic E-state index is 13.9. The first-order valence-electron chi connectivity index (χ1n) is 15.1. The molecule has 2 aromatic rings. The van der Waals surface area contributed by atoms with E-state index in [1.807, 2.05) is 0 Å². The van der Waals surface area contributed by atoms with Gasteiger partial charge in [0, 0.05) is 37.1 Å². The summed E-state index contributed by atoms with van der Waals surface area (Å²) in [7, 11) is -3.30. The van der Waals surface area contributed by atoms with Crippen LogP contribution in [0.15, 0.2) is 48.5 Å². The van der Waals surface area contributed by atoms with Gasteiger partial charge in [-0.15, -0.1) is 0 Å². The SMILES string of the molecule is O=C(O)NC(C(=O)N[C@H]1CCCC[C@@H]1CC[C@H]1CN[C@@H]2CCCS(=O)(=O)N1C2)C(c1ccc(F)cc1)c1ccc(F)cc1. The minimum Gasteiger partial charge on any atom is -0.465 e. The highest BCUT2D eigenvalue weighted by atomic mass is 32.2. The Hall–Kier alpha value is -3.09. The number of carbonyl (C=O) groups is 2. The van der Waals surface area contributed by atoms with Crippen molar-refractivity contribution in [2.24, 2.45) is 5.92 Å². The summed E-state index contributed by atoms with van der Waals surface area (Å²) in [5, 5.41) is 18.7. The third-order valence-corrected chi connectivity index (χ3v) is 11.2. The topological polar surface area (TPSA) is 128 Å². The van der Waals surface area contributed by atoms with Crippen molar-refractivity contribution < 1.29 is 31.9 Å². The fourth-order valence-electron chi connectivity index (χ4n) is 7.02. The van der Waals surface area contributed by atoms with Gasteiger partial charge in [-0.25, -0.2) is 22.0 Å². The van der Waals surface area contributed by atoms with Crippen molar-refractivity contribution in [3.05, 3.63) is 71.3 Å². The highest BCUT2D eigenvalue weighted by molar-refractivity contribution is 7.89. The Bertz CT molecular complexity index is 1330. The lowest BCUT2D eigenvalue weighted by atomic mass is 9.80. The zero-order valence-corrected chi connectivity index (χ0v) is 24.9. The number of nitrogens with one attached hydrogen (secondary N) is 3. The number of amides is 2. The van der Waals surface area contributed by atoms with Crippen LogP contribution in [0, 0.1) is 17.6 Å². The van der Waals surface area contributed by atoms with Gasteiger partial charge in [-0.05, 0) is 79.8 Å². The number of carboxylic acid groups (broad SMARTS) is 1. The summed E-state index contributed by atoms with van der Waals surface area (Å²) in [6.45, 7) is 1.10. The van der Waals surface area contributed by atoms with Crippen LogP contribution in [-0.4, -0.2) is 72.8 Å². The molecule has 0 aromatic heterocycles. The molecule has 9 nitrogen and oxygen atoms in total. The number of benzene rings is 2. The lowest BCUT2D eigenvalue weighted by molar-refractivity contribution is -0.124. The molecule has 0 radical (unpaired) electrons. The number of hydrogen-bond donors (Lipinski definition) is 4. The standard InChI is InChI=1S/C31H40F2N4O5S/c32-23-12-7-21(8-13-23)28(22-9-14-24(33)15-10-22)29(36-31(39)40)30(38)35-27-6-2-1-4-20(27)11-16-26-18-34-25-5-3-17-43(41,42)37(26)19-25/h7-10,12-15,20,25-29,34,36H,1-6,11,16-19H2,(H,35,38)(H,39,40)/t20-,25-,26+,27+,29?/m1/s1. The summed E-state index contributed by atoms with van der Waals surface area (Å²) in [4.78, 5) is 25.8. The Labute approximate surface area is 251 Å². The molecule has 2 amide bonds. The maximum atomic E-state index is 13.9. The van der Waals surface area contributed by atoms with Gasteiger partial charge in [0.25, 0.3) is 0 Å². The summed E-state index contributed by atoms with van der Waals surface area (Å²) in [5.74, 6) is -2.04. The van der Waals surface area contributed by atoms with E-state index in [2.05, 4.69) is 16.0 Å². The van der Waals surface area contributed by atoms with Gasteiger partial charge in [0.1, 0.15) is 17.7 Å². The quantitative estimate of drug-likeness (QED) is 0.337. The van der Waals surface area contributed by atoms with Gasteiger partial charge in [0.05, 0.1) is 5.75 Å². The van der Waals surface area contributed by atoms with Crippen LogP contribution in [0.3, 0.4) is 0 Å². The number of piperazine rings is 1. The van der Waals surface area contributed by atoms with E-state index in [0.717, 1.165) is 38.5 Å². The first-order valence-corrected chi connectivity index (χ1v) is 16.8. The fourth-order valence-corrected chi connectivity index (χ4v) is 8.83. The van der Waals surface area contributed by atoms with Crippen molar-refractivity contribution >= 4 is 22.0 Å². The molecule has 43 heavy (non-hydrogen) atoms. The highest BCUT2D eigenvalue weighted by Crippen LogP contribution is 2.33. The van der Waals surface area contributed by atoms with Crippen molar-refractivity contribution in [2.45, 2.75) is 81.5 Å². The molecule has 2 heterocycles. The number of hydrogen-bond acceptors (Lipinski definition) is 5. The number of fused-ring (bicyclic) bond motifs is 2. The van der Waals surface area contributed by atoms with Crippen LogP contribution in [0.4, 0.5) is 13.6 Å². The van der Waals surface area contributed by atoms with Crippen molar-refractivity contribution in [1.82, 2.24) is 20.3 Å². The van der Waals surface area contributed by atoms with E-state index in [4.69, 9.17) is 0 Å². The molecular weight excluding hydrogens is 578 g/mol. The lowest BCUT2D eigenvalue weighted by Gasteiger charge is -2.39. The summed E-state index contributed by atoms with van der Waals surface area (Å²) in [6.07, 6.45) is 5.00. The first-order chi connectivity index (χ1) is 20.6. The molecule has 1 saturated carbocycles. The minimum atomic E-state index is -3.30. The van der Waals surface area contributed by atoms with Crippen LogP contribution in [0.2, 0.25) is 0 Å². The fraction of sp³-hybridized carbons (Fsp3) is 0.548. The second-order valence-corrected chi connectivity index (χ2v) is 14.1. The molecule has 2 saturated heterocycles. The van der Waals surface area contributed by atoms with Gasteiger partial charge in [0.15, 0.2) is 0 Å². The molecule has 5 rings (SSSR count). The summed E-state index contributed by atoms with van der Waals surface area (Å²) < 4.78 is 55.1. The van der Waals surface area contributed by atoms with E-state index in [1.54, 1.807) is 4.31 Å². The van der Waals surface area contributed by atoms with E-state index in [0.29, 0.717) is 37.1 Å². The summed E-state index contributed by atoms with van der Waals surface area (Å²) in [6, 6.07) is 9.52. The molecule has 1 aliphatic carbocycles. The molecule has 3 fully saturated rings. The molecule has 2 aromatic carbocycles. The second kappa shape index (κ2) is 13.7. The Balaban J connectivity index is 1.34. The maximum Gasteiger partial charge on any atom is 0.405 e. The van der Waals surface area contributed by atoms with Crippen LogP contribution in [0.25, 0.3) is 0 Å². The van der Waals surface area contributed by atoms with Crippen LogP contribution in [-0.2, 0) is 14.8 Å². The van der Waals surface area contributed by atoms with Crippen LogP contribution < -0.4 is 16.0 Å². The predicted octanol–water partition coefficient (Wildman–Crippen LogP) is 3.95. The van der Waals surface area contributed by atoms with Gasteiger partial charge in [0.2, 0.25) is 15.9 Å². The van der Waals surface area contributed by atoms with Crippen molar-refractivity contribution in [1.29, 1.82) is 0 Å². The zero-order chi connectivity index (χ0) is 30.6. The van der Waals surface area contributed by atoms with Crippen LogP contribution >= 0.6 is 0 Å². The first kappa shape index (κ1) is 31.3.